The van der Waals surface area contributed by atoms with Crippen LogP contribution in [0, 0.1) is 15.9 Å². The summed E-state index contributed by atoms with van der Waals surface area (Å²) in [5.74, 6) is -1.19. The van der Waals surface area contributed by atoms with E-state index in [1.165, 1.54) is 37.3 Å². The van der Waals surface area contributed by atoms with Crippen molar-refractivity contribution in [2.45, 2.75) is 13.0 Å². The molecule has 0 saturated heterocycles. The predicted octanol–water partition coefficient (Wildman–Crippen LogP) is 4.23. The second kappa shape index (κ2) is 6.07. The number of ether oxygens (including phenoxy) is 1. The van der Waals surface area contributed by atoms with Crippen LogP contribution in [0.3, 0.4) is 0 Å². The molecule has 7 heteroatoms. The van der Waals surface area contributed by atoms with Gasteiger partial charge in [0.1, 0.15) is 0 Å². The zero-order chi connectivity index (χ0) is 15.6. The Kier molecular flexibility index (Phi) is 4.40. The molecule has 0 aromatic heterocycles. The van der Waals surface area contributed by atoms with Crippen molar-refractivity contribution in [3.63, 3.8) is 0 Å². The van der Waals surface area contributed by atoms with E-state index in [0.717, 1.165) is 6.07 Å². The molecule has 0 unspecified atom stereocenters. The number of nitro benzene ring substituents is 1. The van der Waals surface area contributed by atoms with Crippen LogP contribution in [0.1, 0.15) is 18.6 Å². The van der Waals surface area contributed by atoms with E-state index in [1.54, 1.807) is 0 Å². The molecule has 0 fully saturated rings. The van der Waals surface area contributed by atoms with Crippen molar-refractivity contribution < 1.29 is 19.2 Å². The molecule has 5 nitrogen and oxygen atoms in total. The van der Waals surface area contributed by atoms with Crippen molar-refractivity contribution in [2.24, 2.45) is 0 Å². The second-order valence-corrected chi connectivity index (χ2v) is 4.74. The predicted molar refractivity (Wildman–Crippen MR) is 75.2 cm³/mol. The fourth-order valence-corrected chi connectivity index (χ4v) is 1.95. The van der Waals surface area contributed by atoms with Gasteiger partial charge in [0.05, 0.1) is 11.0 Å². The first-order valence-corrected chi connectivity index (χ1v) is 6.36. The van der Waals surface area contributed by atoms with E-state index < -0.39 is 16.8 Å². The lowest BCUT2D eigenvalue weighted by Crippen LogP contribution is -2.00. The lowest BCUT2D eigenvalue weighted by Gasteiger charge is -2.14. The van der Waals surface area contributed by atoms with Gasteiger partial charge in [-0.2, -0.15) is 0 Å². The summed E-state index contributed by atoms with van der Waals surface area (Å²) in [4.78, 5) is 10.3. The van der Waals surface area contributed by atoms with Gasteiger partial charge in [0.25, 0.3) is 0 Å². The average molecular weight is 312 g/mol. The molecule has 21 heavy (non-hydrogen) atoms. The first-order chi connectivity index (χ1) is 9.90. The standard InChI is InChI=1S/C14H11ClFNO4/c1-8(18)10-3-2-4-11(16)14(10)21-13-7-9(15)5-6-12(13)17(19)20/h2-8,18H,1H3/t8-/m0/s1. The van der Waals surface area contributed by atoms with Crippen LogP contribution in [0.15, 0.2) is 36.4 Å². The molecule has 0 radical (unpaired) electrons. The number of hydrogen-bond acceptors (Lipinski definition) is 4. The molecule has 0 spiro atoms. The molecule has 0 bridgehead atoms. The molecule has 1 N–H and O–H groups in total. The van der Waals surface area contributed by atoms with E-state index in [0.29, 0.717) is 0 Å². The van der Waals surface area contributed by atoms with Gasteiger partial charge in [-0.05, 0) is 19.1 Å². The van der Waals surface area contributed by atoms with Crippen molar-refractivity contribution in [3.8, 4) is 11.5 Å². The van der Waals surface area contributed by atoms with Crippen LogP contribution in [-0.2, 0) is 0 Å². The van der Waals surface area contributed by atoms with E-state index in [2.05, 4.69) is 0 Å². The number of benzene rings is 2. The highest BCUT2D eigenvalue weighted by atomic mass is 35.5. The van der Waals surface area contributed by atoms with Crippen molar-refractivity contribution >= 4 is 17.3 Å². The number of aliphatic hydroxyl groups is 1. The van der Waals surface area contributed by atoms with Crippen LogP contribution in [-0.4, -0.2) is 10.0 Å². The second-order valence-electron chi connectivity index (χ2n) is 4.31. The minimum Gasteiger partial charge on any atom is -0.447 e. The summed E-state index contributed by atoms with van der Waals surface area (Å²) in [6.45, 7) is 1.44. The van der Waals surface area contributed by atoms with E-state index in [1.807, 2.05) is 0 Å². The summed E-state index contributed by atoms with van der Waals surface area (Å²) < 4.78 is 19.2. The number of hydrogen-bond donors (Lipinski definition) is 1. The zero-order valence-electron chi connectivity index (χ0n) is 10.9. The Morgan fingerprint density at radius 1 is 1.38 bits per heavy atom. The third-order valence-corrected chi connectivity index (χ3v) is 3.01. The fraction of sp³-hybridized carbons (Fsp3) is 0.143. The van der Waals surface area contributed by atoms with Gasteiger partial charge < -0.3 is 9.84 Å². The molecule has 0 aliphatic carbocycles. The van der Waals surface area contributed by atoms with Gasteiger partial charge >= 0.3 is 5.69 Å². The molecule has 0 aliphatic heterocycles. The third-order valence-electron chi connectivity index (χ3n) is 2.78. The Morgan fingerprint density at radius 3 is 2.71 bits per heavy atom. The summed E-state index contributed by atoms with van der Waals surface area (Å²) >= 11 is 5.78. The Hall–Kier alpha value is -2.18. The summed E-state index contributed by atoms with van der Waals surface area (Å²) in [5, 5.41) is 20.8. The van der Waals surface area contributed by atoms with E-state index in [9.17, 15) is 19.6 Å². The fourth-order valence-electron chi connectivity index (χ4n) is 1.79. The van der Waals surface area contributed by atoms with Crippen LogP contribution in [0.25, 0.3) is 0 Å². The van der Waals surface area contributed by atoms with Gasteiger partial charge in [-0.1, -0.05) is 23.7 Å². The van der Waals surface area contributed by atoms with Crippen molar-refractivity contribution in [2.75, 3.05) is 0 Å². The average Bonchev–Trinajstić information content (AvgIpc) is 2.40. The number of aliphatic hydroxyl groups excluding tert-OH is 1. The molecule has 2 aromatic rings. The Labute approximate surface area is 124 Å². The summed E-state index contributed by atoms with van der Waals surface area (Å²) in [7, 11) is 0. The lowest BCUT2D eigenvalue weighted by atomic mass is 10.1. The van der Waals surface area contributed by atoms with Gasteiger partial charge in [0.15, 0.2) is 11.6 Å². The van der Waals surface area contributed by atoms with E-state index in [4.69, 9.17) is 16.3 Å². The van der Waals surface area contributed by atoms with Crippen LogP contribution in [0.5, 0.6) is 11.5 Å². The third kappa shape index (κ3) is 3.29. The van der Waals surface area contributed by atoms with Crippen molar-refractivity contribution in [1.82, 2.24) is 0 Å². The molecule has 2 rings (SSSR count). The molecular formula is C14H11ClFNO4. The van der Waals surface area contributed by atoms with E-state index >= 15 is 0 Å². The van der Waals surface area contributed by atoms with Gasteiger partial charge in [-0.3, -0.25) is 10.1 Å². The Bertz CT molecular complexity index is 691. The minimum absolute atomic E-state index is 0.185. The molecular weight excluding hydrogens is 301 g/mol. The Morgan fingerprint density at radius 2 is 2.10 bits per heavy atom. The maximum absolute atomic E-state index is 13.9. The van der Waals surface area contributed by atoms with Crippen LogP contribution < -0.4 is 4.74 Å². The molecule has 0 heterocycles. The number of nitro groups is 1. The summed E-state index contributed by atoms with van der Waals surface area (Å²) in [6.07, 6.45) is -0.992. The highest BCUT2D eigenvalue weighted by Crippen LogP contribution is 2.37. The van der Waals surface area contributed by atoms with Gasteiger partial charge in [-0.25, -0.2) is 4.39 Å². The highest BCUT2D eigenvalue weighted by molar-refractivity contribution is 6.30. The normalized spacial score (nSPS) is 12.0. The monoisotopic (exact) mass is 311 g/mol. The quantitative estimate of drug-likeness (QED) is 0.677. The summed E-state index contributed by atoms with van der Waals surface area (Å²) in [5.41, 5.74) is -0.163. The van der Waals surface area contributed by atoms with Crippen molar-refractivity contribution in [1.29, 1.82) is 0 Å². The van der Waals surface area contributed by atoms with Crippen molar-refractivity contribution in [3.05, 3.63) is 62.9 Å². The largest absolute Gasteiger partial charge is 0.447 e. The first-order valence-electron chi connectivity index (χ1n) is 5.98. The molecule has 110 valence electrons. The molecule has 0 amide bonds. The maximum atomic E-state index is 13.9. The van der Waals surface area contributed by atoms with Gasteiger partial charge in [-0.15, -0.1) is 0 Å². The lowest BCUT2D eigenvalue weighted by molar-refractivity contribution is -0.385. The smallest absolute Gasteiger partial charge is 0.311 e. The van der Waals surface area contributed by atoms with Gasteiger partial charge in [0, 0.05) is 22.7 Å². The molecule has 2 aromatic carbocycles. The van der Waals surface area contributed by atoms with Gasteiger partial charge in [0.2, 0.25) is 5.75 Å². The summed E-state index contributed by atoms with van der Waals surface area (Å²) in [6, 6.07) is 7.75. The Balaban J connectivity index is 2.53. The number of para-hydroxylation sites is 1. The van der Waals surface area contributed by atoms with Crippen LogP contribution in [0.4, 0.5) is 10.1 Å². The first kappa shape index (κ1) is 15.2. The maximum Gasteiger partial charge on any atom is 0.311 e. The SMILES string of the molecule is C[C@H](O)c1cccc(F)c1Oc1cc(Cl)ccc1[N+](=O)[O-]. The molecule has 0 saturated carbocycles. The molecule has 1 atom stereocenters. The van der Waals surface area contributed by atoms with E-state index in [-0.39, 0.29) is 27.8 Å². The van der Waals surface area contributed by atoms with Crippen LogP contribution in [0.2, 0.25) is 5.02 Å². The zero-order valence-corrected chi connectivity index (χ0v) is 11.7. The molecule has 0 aliphatic rings. The number of rotatable bonds is 4. The topological polar surface area (TPSA) is 72.6 Å². The highest BCUT2D eigenvalue weighted by Gasteiger charge is 2.21. The minimum atomic E-state index is -0.992. The number of nitrogens with zero attached hydrogens (tertiary/aromatic N) is 1. The van der Waals surface area contributed by atoms with Crippen LogP contribution >= 0.6 is 11.6 Å². The number of halogens is 2.